The Hall–Kier alpha value is -3.87. The zero-order valence-corrected chi connectivity index (χ0v) is 16.8. The number of carboxylic acid groups (broad SMARTS) is 1. The molecule has 7 heteroatoms. The Labute approximate surface area is 174 Å². The monoisotopic (exact) mass is 405 g/mol. The summed E-state index contributed by atoms with van der Waals surface area (Å²) in [6.07, 6.45) is 1.47. The van der Waals surface area contributed by atoms with Crippen LogP contribution >= 0.6 is 0 Å². The summed E-state index contributed by atoms with van der Waals surface area (Å²) < 4.78 is 5.09. The second kappa shape index (κ2) is 9.56. The minimum Gasteiger partial charge on any atom is -0.497 e. The highest BCUT2D eigenvalue weighted by molar-refractivity contribution is 6.05. The van der Waals surface area contributed by atoms with E-state index in [-0.39, 0.29) is 11.5 Å². The van der Waals surface area contributed by atoms with Crippen molar-refractivity contribution >= 4 is 23.4 Å². The van der Waals surface area contributed by atoms with Crippen molar-refractivity contribution < 1.29 is 19.4 Å². The van der Waals surface area contributed by atoms with Crippen molar-refractivity contribution in [3.05, 3.63) is 83.6 Å². The highest BCUT2D eigenvalue weighted by Crippen LogP contribution is 2.24. The van der Waals surface area contributed by atoms with E-state index in [4.69, 9.17) is 4.74 Å². The lowest BCUT2D eigenvalue weighted by Gasteiger charge is -2.24. The molecule has 0 aliphatic heterocycles. The van der Waals surface area contributed by atoms with Gasteiger partial charge in [-0.3, -0.25) is 4.79 Å². The van der Waals surface area contributed by atoms with Crippen LogP contribution in [0.15, 0.2) is 66.9 Å². The third-order valence-corrected chi connectivity index (χ3v) is 4.60. The predicted molar refractivity (Wildman–Crippen MR) is 115 cm³/mol. The Morgan fingerprint density at radius 2 is 1.80 bits per heavy atom. The molecule has 154 valence electrons. The number of aromatic nitrogens is 1. The van der Waals surface area contributed by atoms with Crippen LogP contribution in [-0.2, 0) is 6.54 Å². The van der Waals surface area contributed by atoms with E-state index < -0.39 is 5.97 Å². The largest absolute Gasteiger partial charge is 0.497 e. The molecule has 0 aliphatic carbocycles. The number of carboxylic acids is 1. The van der Waals surface area contributed by atoms with Crippen molar-refractivity contribution in [3.63, 3.8) is 0 Å². The van der Waals surface area contributed by atoms with E-state index >= 15 is 0 Å². The summed E-state index contributed by atoms with van der Waals surface area (Å²) in [5, 5.41) is 12.4. The fourth-order valence-electron chi connectivity index (χ4n) is 3.02. The van der Waals surface area contributed by atoms with Gasteiger partial charge in [-0.05, 0) is 42.8 Å². The Kier molecular flexibility index (Phi) is 6.64. The van der Waals surface area contributed by atoms with Crippen LogP contribution in [0.1, 0.15) is 33.2 Å². The lowest BCUT2D eigenvalue weighted by atomic mass is 10.1. The molecule has 2 N–H and O–H groups in total. The molecule has 0 aliphatic rings. The van der Waals surface area contributed by atoms with Crippen molar-refractivity contribution in [2.24, 2.45) is 0 Å². The number of ether oxygens (including phenoxy) is 1. The zero-order valence-electron chi connectivity index (χ0n) is 16.8. The van der Waals surface area contributed by atoms with Crippen molar-refractivity contribution in [1.29, 1.82) is 0 Å². The Morgan fingerprint density at radius 3 is 2.40 bits per heavy atom. The molecular weight excluding hydrogens is 382 g/mol. The minimum absolute atomic E-state index is 0.0281. The number of carbonyl (C=O) groups excluding carboxylic acids is 1. The number of hydrogen-bond acceptors (Lipinski definition) is 5. The van der Waals surface area contributed by atoms with E-state index in [0.717, 1.165) is 5.56 Å². The highest BCUT2D eigenvalue weighted by Gasteiger charge is 2.19. The second-order valence-electron chi connectivity index (χ2n) is 6.58. The van der Waals surface area contributed by atoms with Gasteiger partial charge in [0.2, 0.25) is 0 Å². The van der Waals surface area contributed by atoms with Crippen LogP contribution in [0.5, 0.6) is 5.75 Å². The topological polar surface area (TPSA) is 91.8 Å². The zero-order chi connectivity index (χ0) is 21.5. The molecule has 2 aromatic carbocycles. The number of hydrogen-bond donors (Lipinski definition) is 2. The van der Waals surface area contributed by atoms with E-state index in [1.165, 1.54) is 12.3 Å². The predicted octanol–water partition coefficient (Wildman–Crippen LogP) is 4.07. The normalized spacial score (nSPS) is 10.3. The van der Waals surface area contributed by atoms with Gasteiger partial charge in [-0.1, -0.05) is 30.3 Å². The molecule has 0 unspecified atom stereocenters. The Balaban J connectivity index is 1.83. The Bertz CT molecular complexity index is 1020. The van der Waals surface area contributed by atoms with Crippen molar-refractivity contribution in [3.8, 4) is 5.75 Å². The average molecular weight is 405 g/mol. The lowest BCUT2D eigenvalue weighted by Crippen LogP contribution is -2.25. The molecule has 0 radical (unpaired) electrons. The van der Waals surface area contributed by atoms with Crippen LogP contribution in [0.25, 0.3) is 0 Å². The average Bonchev–Trinajstić information content (AvgIpc) is 2.78. The third kappa shape index (κ3) is 4.94. The molecule has 30 heavy (non-hydrogen) atoms. The van der Waals surface area contributed by atoms with Crippen LogP contribution in [0.3, 0.4) is 0 Å². The second-order valence-corrected chi connectivity index (χ2v) is 6.58. The summed E-state index contributed by atoms with van der Waals surface area (Å²) in [5.41, 5.74) is 1.82. The summed E-state index contributed by atoms with van der Waals surface area (Å²) in [6.45, 7) is 3.05. The van der Waals surface area contributed by atoms with Gasteiger partial charge >= 0.3 is 5.97 Å². The quantitative estimate of drug-likeness (QED) is 0.587. The molecule has 3 rings (SSSR count). The number of methoxy groups -OCH3 is 1. The number of rotatable bonds is 8. The van der Waals surface area contributed by atoms with E-state index in [1.54, 1.807) is 31.4 Å². The molecule has 7 nitrogen and oxygen atoms in total. The van der Waals surface area contributed by atoms with Gasteiger partial charge in [0.15, 0.2) is 0 Å². The molecule has 1 amide bonds. The maximum atomic E-state index is 12.5. The van der Waals surface area contributed by atoms with Crippen LogP contribution in [0.4, 0.5) is 11.5 Å². The molecule has 0 saturated carbocycles. The van der Waals surface area contributed by atoms with Crippen molar-refractivity contribution in [2.45, 2.75) is 13.5 Å². The fraction of sp³-hybridized carbons (Fsp3) is 0.174. The smallest absolute Gasteiger partial charge is 0.339 e. The highest BCUT2D eigenvalue weighted by atomic mass is 16.5. The molecule has 0 saturated heterocycles. The van der Waals surface area contributed by atoms with Crippen molar-refractivity contribution in [1.82, 2.24) is 4.98 Å². The Morgan fingerprint density at radius 1 is 1.10 bits per heavy atom. The standard InChI is InChI=1S/C23H23N3O4/c1-3-26(15-16-7-5-4-6-8-16)21-20(23(28)29)13-18(14-24-21)25-22(27)17-9-11-19(30-2)12-10-17/h4-14H,3,15H2,1-2H3,(H,25,27)(H,28,29). The molecule has 3 aromatic rings. The van der Waals surface area contributed by atoms with Gasteiger partial charge in [0.05, 0.1) is 19.0 Å². The molecule has 0 atom stereocenters. The number of anilines is 2. The molecular formula is C23H23N3O4. The number of aromatic carboxylic acids is 1. The summed E-state index contributed by atoms with van der Waals surface area (Å²) >= 11 is 0. The number of nitrogens with one attached hydrogen (secondary N) is 1. The number of benzene rings is 2. The molecule has 0 bridgehead atoms. The first-order valence-corrected chi connectivity index (χ1v) is 9.49. The number of amides is 1. The van der Waals surface area contributed by atoms with E-state index in [0.29, 0.717) is 35.9 Å². The summed E-state index contributed by atoms with van der Waals surface area (Å²) in [7, 11) is 1.55. The number of carbonyl (C=O) groups is 2. The van der Waals surface area contributed by atoms with Gasteiger partial charge in [0, 0.05) is 18.7 Å². The van der Waals surface area contributed by atoms with Gasteiger partial charge < -0.3 is 20.1 Å². The first-order valence-electron chi connectivity index (χ1n) is 9.49. The van der Waals surface area contributed by atoms with Gasteiger partial charge in [-0.2, -0.15) is 0 Å². The van der Waals surface area contributed by atoms with E-state index in [9.17, 15) is 14.7 Å². The fourth-order valence-corrected chi connectivity index (χ4v) is 3.02. The van der Waals surface area contributed by atoms with Crippen LogP contribution in [-0.4, -0.2) is 35.6 Å². The summed E-state index contributed by atoms with van der Waals surface area (Å²) in [4.78, 5) is 30.6. The first kappa shape index (κ1) is 20.9. The van der Waals surface area contributed by atoms with Crippen molar-refractivity contribution in [2.75, 3.05) is 23.9 Å². The minimum atomic E-state index is -1.11. The van der Waals surface area contributed by atoms with E-state index in [1.807, 2.05) is 42.2 Å². The SMILES string of the molecule is CCN(Cc1ccccc1)c1ncc(NC(=O)c2ccc(OC)cc2)cc1C(=O)O. The first-order chi connectivity index (χ1) is 14.5. The van der Waals surface area contributed by atoms with Gasteiger partial charge in [-0.25, -0.2) is 9.78 Å². The van der Waals surface area contributed by atoms with Crippen LogP contribution in [0, 0.1) is 0 Å². The molecule has 0 spiro atoms. The van der Waals surface area contributed by atoms with Gasteiger partial charge in [0.1, 0.15) is 17.1 Å². The number of pyridine rings is 1. The number of nitrogens with zero attached hydrogens (tertiary/aromatic N) is 2. The van der Waals surface area contributed by atoms with Gasteiger partial charge in [0.25, 0.3) is 5.91 Å². The van der Waals surface area contributed by atoms with E-state index in [2.05, 4.69) is 10.3 Å². The lowest BCUT2D eigenvalue weighted by molar-refractivity contribution is 0.0696. The molecule has 0 fully saturated rings. The van der Waals surface area contributed by atoms with Gasteiger partial charge in [-0.15, -0.1) is 0 Å². The molecule has 1 aromatic heterocycles. The maximum Gasteiger partial charge on any atom is 0.339 e. The summed E-state index contributed by atoms with van der Waals surface area (Å²) in [5.74, 6) is -0.468. The maximum absolute atomic E-state index is 12.5. The summed E-state index contributed by atoms with van der Waals surface area (Å²) in [6, 6.07) is 17.8. The van der Waals surface area contributed by atoms with Crippen LogP contribution in [0.2, 0.25) is 0 Å². The third-order valence-electron chi connectivity index (χ3n) is 4.60. The molecule has 1 heterocycles. The van der Waals surface area contributed by atoms with Crippen LogP contribution < -0.4 is 15.0 Å².